The van der Waals surface area contributed by atoms with Gasteiger partial charge in [0, 0.05) is 12.2 Å². The van der Waals surface area contributed by atoms with Crippen LogP contribution in [0.1, 0.15) is 24.4 Å². The number of aryl methyl sites for hydroxylation is 1. The molecule has 2 rings (SSSR count). The van der Waals surface area contributed by atoms with E-state index < -0.39 is 47.7 Å². The molecule has 0 aromatic carbocycles. The minimum Gasteiger partial charge on any atom is -0.858 e. The van der Waals surface area contributed by atoms with Gasteiger partial charge in [-0.1, -0.05) is 6.08 Å². The molecule has 0 fully saturated rings. The van der Waals surface area contributed by atoms with E-state index in [2.05, 4.69) is 18.1 Å². The fraction of sp³-hybridized carbons (Fsp3) is 0.455. The van der Waals surface area contributed by atoms with Crippen molar-refractivity contribution in [1.82, 2.24) is 9.55 Å². The molecule has 1 aromatic rings. The number of allylic oxidation sites excluding steroid dienone is 1. The molecule has 0 amide bonds. The van der Waals surface area contributed by atoms with E-state index in [4.69, 9.17) is 4.89 Å². The summed E-state index contributed by atoms with van der Waals surface area (Å²) in [6.45, 7) is 0.909. The van der Waals surface area contributed by atoms with Crippen LogP contribution < -0.4 is 109 Å². The van der Waals surface area contributed by atoms with Crippen molar-refractivity contribution in [2.75, 3.05) is 6.61 Å². The van der Waals surface area contributed by atoms with Crippen LogP contribution in [-0.2, 0) is 26.8 Å². The number of phosphoric acid groups is 3. The first kappa shape index (κ1) is 35.0. The molecule has 0 spiro atoms. The number of hydrogen-bond donors (Lipinski definition) is 2. The molecule has 0 aliphatic heterocycles. The third kappa shape index (κ3) is 11.9. The minimum atomic E-state index is -5.97. The van der Waals surface area contributed by atoms with E-state index in [-0.39, 0.29) is 101 Å². The smallest absolute Gasteiger partial charge is 0.858 e. The number of hydrogen-bond acceptors (Lipinski definition) is 11. The Labute approximate surface area is 242 Å². The van der Waals surface area contributed by atoms with Gasteiger partial charge in [-0.05, 0) is 36.8 Å². The van der Waals surface area contributed by atoms with Crippen molar-refractivity contribution >= 4 is 23.5 Å². The third-order valence-electron chi connectivity index (χ3n) is 3.48. The van der Waals surface area contributed by atoms with E-state index in [1.165, 1.54) is 17.7 Å². The quantitative estimate of drug-likeness (QED) is 0.182. The van der Waals surface area contributed by atoms with E-state index in [1.807, 2.05) is 0 Å². The largest absolute Gasteiger partial charge is 1.00 e. The summed E-state index contributed by atoms with van der Waals surface area (Å²) >= 11 is 0. The van der Waals surface area contributed by atoms with E-state index >= 15 is 0 Å². The standard InChI is InChI=1S/C11H17N2O12P3.3Na/c1-7-5-13(11(15)12-10(7)14)9-3-2-8(4-9)6-23-27(19,20)25-28(21,22)24-26(16,17)18;;;/h2,5,9H,3-4,6H2,1H3,(H,19,20)(H,21,22)(H,12,14,15)(H2,16,17,18);;;/q;3*+1/p-3/t9-;;;/m0.../s1. The Morgan fingerprint density at radius 2 is 1.74 bits per heavy atom. The molecule has 2 N–H and O–H groups in total. The average molecular weight is 528 g/mol. The van der Waals surface area contributed by atoms with Crippen LogP contribution in [0.4, 0.5) is 0 Å². The molecule has 158 valence electrons. The second-order valence-corrected chi connectivity index (χ2v) is 10.0. The molecule has 0 saturated carbocycles. The number of phosphoric ester groups is 1. The zero-order chi connectivity index (χ0) is 21.3. The molecule has 1 aliphatic carbocycles. The zero-order valence-electron chi connectivity index (χ0n) is 17.1. The predicted molar refractivity (Wildman–Crippen MR) is 84.4 cm³/mol. The summed E-state index contributed by atoms with van der Waals surface area (Å²) in [4.78, 5) is 54.1. The van der Waals surface area contributed by atoms with Crippen LogP contribution in [0.15, 0.2) is 22.6 Å². The SMILES string of the molecule is Cc1cn([C@H]2CC=C(COP(=O)(O)OP(=O)(O)OP(=O)([O-])[O-])C2)c(=O)nc1[O-].[Na+].[Na+].[Na+]. The molecule has 2 unspecified atom stereocenters. The maximum atomic E-state index is 11.8. The first-order chi connectivity index (χ1) is 12.7. The van der Waals surface area contributed by atoms with E-state index in [0.29, 0.717) is 12.0 Å². The summed E-state index contributed by atoms with van der Waals surface area (Å²) in [5.74, 6) is -0.648. The summed E-state index contributed by atoms with van der Waals surface area (Å²) in [7, 11) is -16.9. The second-order valence-electron chi connectivity index (χ2n) is 5.70. The molecule has 20 heteroatoms. The van der Waals surface area contributed by atoms with Gasteiger partial charge in [-0.25, -0.2) is 18.9 Å². The molecule has 0 bridgehead atoms. The van der Waals surface area contributed by atoms with Gasteiger partial charge in [0.1, 0.15) is 0 Å². The van der Waals surface area contributed by atoms with Gasteiger partial charge in [0.25, 0.3) is 0 Å². The van der Waals surface area contributed by atoms with Crippen molar-refractivity contribution in [3.05, 3.63) is 33.9 Å². The zero-order valence-corrected chi connectivity index (χ0v) is 25.7. The Bertz CT molecular complexity index is 996. The van der Waals surface area contributed by atoms with Crippen molar-refractivity contribution in [2.45, 2.75) is 25.8 Å². The van der Waals surface area contributed by atoms with Gasteiger partial charge < -0.3 is 29.2 Å². The Kier molecular flexibility index (Phi) is 15.6. The summed E-state index contributed by atoms with van der Waals surface area (Å²) in [6.07, 6.45) is 3.38. The Morgan fingerprint density at radius 3 is 2.29 bits per heavy atom. The fourth-order valence-corrected chi connectivity index (χ4v) is 5.33. The maximum absolute atomic E-state index is 11.8. The van der Waals surface area contributed by atoms with E-state index in [1.54, 1.807) is 6.08 Å². The van der Waals surface area contributed by atoms with E-state index in [9.17, 15) is 38.3 Å². The molecule has 14 nitrogen and oxygen atoms in total. The fourth-order valence-electron chi connectivity index (χ4n) is 2.37. The third-order valence-corrected chi connectivity index (χ3v) is 7.21. The first-order valence-corrected chi connectivity index (χ1v) is 11.8. The Hall–Kier alpha value is 1.83. The normalized spacial score (nSPS) is 19.6. The second kappa shape index (κ2) is 13.8. The van der Waals surface area contributed by atoms with Gasteiger partial charge in [0.2, 0.25) is 0 Å². The monoisotopic (exact) mass is 528 g/mol. The topological polar surface area (TPSA) is 223 Å². The molecule has 0 saturated heterocycles. The molecule has 0 radical (unpaired) electrons. The molecule has 1 aromatic heterocycles. The van der Waals surface area contributed by atoms with Crippen molar-refractivity contribution in [3.8, 4) is 5.88 Å². The van der Waals surface area contributed by atoms with Crippen LogP contribution in [0.2, 0.25) is 0 Å². The van der Waals surface area contributed by atoms with Gasteiger partial charge in [-0.2, -0.15) is 4.31 Å². The molecular formula is C11H14N2Na3O12P3. The van der Waals surface area contributed by atoms with Crippen LogP contribution in [0.3, 0.4) is 0 Å². The number of rotatable bonds is 8. The van der Waals surface area contributed by atoms with Crippen LogP contribution >= 0.6 is 23.5 Å². The van der Waals surface area contributed by atoms with Crippen LogP contribution in [0, 0.1) is 6.92 Å². The minimum absolute atomic E-state index is 0. The molecule has 3 atom stereocenters. The summed E-state index contributed by atoms with van der Waals surface area (Å²) in [6, 6.07) is -0.434. The van der Waals surface area contributed by atoms with E-state index in [0.717, 1.165) is 0 Å². The molecule has 1 heterocycles. The maximum Gasteiger partial charge on any atom is 1.00 e. The van der Waals surface area contributed by atoms with Gasteiger partial charge in [0.15, 0.2) is 0 Å². The van der Waals surface area contributed by atoms with Crippen molar-refractivity contribution in [1.29, 1.82) is 0 Å². The molecular weight excluding hydrogens is 514 g/mol. The Morgan fingerprint density at radius 1 is 1.16 bits per heavy atom. The summed E-state index contributed by atoms with van der Waals surface area (Å²) in [5, 5.41) is 11.3. The summed E-state index contributed by atoms with van der Waals surface area (Å²) in [5.41, 5.74) is -0.0960. The Balaban J connectivity index is 0. The van der Waals surface area contributed by atoms with Gasteiger partial charge in [-0.15, -0.1) is 0 Å². The van der Waals surface area contributed by atoms with Crippen LogP contribution in [0.5, 0.6) is 5.88 Å². The van der Waals surface area contributed by atoms with Gasteiger partial charge in [0.05, 0.1) is 14.4 Å². The van der Waals surface area contributed by atoms with Crippen LogP contribution in [-0.4, -0.2) is 25.9 Å². The van der Waals surface area contributed by atoms with Crippen LogP contribution in [0.25, 0.3) is 0 Å². The summed E-state index contributed by atoms with van der Waals surface area (Å²) < 4.78 is 45.7. The number of aromatic nitrogens is 2. The predicted octanol–water partition coefficient (Wildman–Crippen LogP) is -10.0. The number of nitrogens with zero attached hydrogens (tertiary/aromatic N) is 2. The molecule has 31 heavy (non-hydrogen) atoms. The van der Waals surface area contributed by atoms with Gasteiger partial charge in [-0.3, -0.25) is 13.4 Å². The van der Waals surface area contributed by atoms with Crippen molar-refractivity contribution < 1.29 is 140 Å². The first-order valence-electron chi connectivity index (χ1n) is 7.37. The van der Waals surface area contributed by atoms with Crippen molar-refractivity contribution in [3.63, 3.8) is 0 Å². The van der Waals surface area contributed by atoms with Gasteiger partial charge >= 0.3 is 110 Å². The molecule has 1 aliphatic rings. The average Bonchev–Trinajstić information content (AvgIpc) is 2.94. The van der Waals surface area contributed by atoms with Crippen molar-refractivity contribution in [2.24, 2.45) is 0 Å².